The minimum Gasteiger partial charge on any atom is -0.198 e. The van der Waals surface area contributed by atoms with Gasteiger partial charge in [-0.3, -0.25) is 0 Å². The topological polar surface area (TPSA) is 23.8 Å². The molecular weight excluding hydrogens is 353 g/mol. The molecule has 1 nitrogen and oxygen atoms in total. The van der Waals surface area contributed by atoms with Crippen molar-refractivity contribution < 1.29 is 0 Å². The molecule has 0 spiro atoms. The molecule has 0 amide bonds. The fraction of sp³-hybridized carbons (Fsp3) is 0.364. The van der Waals surface area contributed by atoms with Gasteiger partial charge in [0.05, 0.1) is 12.0 Å². The molecule has 0 aliphatic rings. The van der Waals surface area contributed by atoms with Crippen molar-refractivity contribution in [1.29, 1.82) is 5.26 Å². The highest BCUT2D eigenvalue weighted by atomic mass is 127. The van der Waals surface area contributed by atoms with Gasteiger partial charge in [-0.05, 0) is 47.1 Å². The lowest BCUT2D eigenvalue weighted by Gasteiger charge is -2.09. The third-order valence-electron chi connectivity index (χ3n) is 2.06. The number of nitrogens with zero attached hydrogens (tertiary/aromatic N) is 1. The molecule has 0 saturated carbocycles. The zero-order valence-corrected chi connectivity index (χ0v) is 11.5. The first-order chi connectivity index (χ1) is 6.79. The summed E-state index contributed by atoms with van der Waals surface area (Å²) in [5, 5.41) is 10.0. The van der Waals surface area contributed by atoms with E-state index in [1.54, 1.807) is 0 Å². The fourth-order valence-corrected chi connectivity index (χ4v) is 2.42. The van der Waals surface area contributed by atoms with Crippen molar-refractivity contribution in [2.45, 2.75) is 18.8 Å². The van der Waals surface area contributed by atoms with Gasteiger partial charge in [0, 0.05) is 8.90 Å². The molecule has 1 aromatic carbocycles. The Hall–Kier alpha value is -0.0800. The van der Waals surface area contributed by atoms with E-state index < -0.39 is 0 Å². The number of nitriles is 1. The first kappa shape index (κ1) is 12.0. The monoisotopic (exact) mass is 363 g/mol. The quantitative estimate of drug-likeness (QED) is 0.584. The van der Waals surface area contributed by atoms with Crippen LogP contribution >= 0.6 is 38.5 Å². The Labute approximate surface area is 107 Å². The van der Waals surface area contributed by atoms with Crippen molar-refractivity contribution in [3.63, 3.8) is 0 Å². The molecule has 1 atom stereocenters. The predicted molar refractivity (Wildman–Crippen MR) is 70.5 cm³/mol. The van der Waals surface area contributed by atoms with Gasteiger partial charge >= 0.3 is 0 Å². The van der Waals surface area contributed by atoms with Crippen molar-refractivity contribution in [3.05, 3.63) is 33.4 Å². The standard InChI is InChI=1S/C11H11BrIN/c12-7-3-4-9(8-14)10-5-1-2-6-11(10)13/h1-2,5-6,9H,3-4,7H2/t9-/m0/s1. The van der Waals surface area contributed by atoms with E-state index in [9.17, 15) is 0 Å². The second kappa shape index (κ2) is 6.41. The summed E-state index contributed by atoms with van der Waals surface area (Å²) < 4.78 is 1.19. The molecule has 0 saturated heterocycles. The van der Waals surface area contributed by atoms with Gasteiger partial charge in [0.1, 0.15) is 0 Å². The van der Waals surface area contributed by atoms with Crippen molar-refractivity contribution in [2.75, 3.05) is 5.33 Å². The molecule has 0 N–H and O–H groups in total. The van der Waals surface area contributed by atoms with Crippen LogP contribution in [-0.4, -0.2) is 5.33 Å². The van der Waals surface area contributed by atoms with Gasteiger partial charge in [-0.15, -0.1) is 0 Å². The molecule has 0 aliphatic heterocycles. The van der Waals surface area contributed by atoms with E-state index in [0.717, 1.165) is 23.7 Å². The second-order valence-electron chi connectivity index (χ2n) is 3.03. The summed E-state index contributed by atoms with van der Waals surface area (Å²) in [5.41, 5.74) is 1.16. The van der Waals surface area contributed by atoms with Crippen LogP contribution in [0, 0.1) is 14.9 Å². The molecule has 74 valence electrons. The average molecular weight is 364 g/mol. The molecule has 0 radical (unpaired) electrons. The van der Waals surface area contributed by atoms with Crippen LogP contribution in [0.5, 0.6) is 0 Å². The number of halogens is 2. The number of hydrogen-bond donors (Lipinski definition) is 0. The number of rotatable bonds is 4. The van der Waals surface area contributed by atoms with E-state index in [4.69, 9.17) is 5.26 Å². The largest absolute Gasteiger partial charge is 0.198 e. The van der Waals surface area contributed by atoms with E-state index in [2.05, 4.69) is 44.6 Å². The van der Waals surface area contributed by atoms with Gasteiger partial charge in [-0.2, -0.15) is 5.26 Å². The third-order valence-corrected chi connectivity index (χ3v) is 3.61. The molecule has 0 heterocycles. The number of benzene rings is 1. The van der Waals surface area contributed by atoms with Crippen LogP contribution < -0.4 is 0 Å². The summed E-state index contributed by atoms with van der Waals surface area (Å²) in [4.78, 5) is 0. The van der Waals surface area contributed by atoms with Crippen LogP contribution in [0.2, 0.25) is 0 Å². The zero-order chi connectivity index (χ0) is 10.4. The lowest BCUT2D eigenvalue weighted by Crippen LogP contribution is -1.98. The van der Waals surface area contributed by atoms with Gasteiger partial charge in [0.2, 0.25) is 0 Å². The minimum absolute atomic E-state index is 0.0423. The van der Waals surface area contributed by atoms with E-state index in [1.165, 1.54) is 3.57 Å². The van der Waals surface area contributed by atoms with Crippen LogP contribution in [0.15, 0.2) is 24.3 Å². The van der Waals surface area contributed by atoms with Gasteiger partial charge in [0.25, 0.3) is 0 Å². The Balaban J connectivity index is 2.80. The molecule has 0 unspecified atom stereocenters. The van der Waals surface area contributed by atoms with E-state index in [-0.39, 0.29) is 5.92 Å². The summed E-state index contributed by atoms with van der Waals surface area (Å²) in [6, 6.07) is 10.5. The molecule has 0 aromatic heterocycles. The maximum Gasteiger partial charge on any atom is 0.0723 e. The number of alkyl halides is 1. The highest BCUT2D eigenvalue weighted by molar-refractivity contribution is 14.1. The van der Waals surface area contributed by atoms with Crippen LogP contribution in [0.25, 0.3) is 0 Å². The molecule has 0 bridgehead atoms. The molecule has 1 aromatic rings. The van der Waals surface area contributed by atoms with Crippen LogP contribution in [0.3, 0.4) is 0 Å². The van der Waals surface area contributed by atoms with E-state index in [1.807, 2.05) is 24.3 Å². The number of hydrogen-bond acceptors (Lipinski definition) is 1. The SMILES string of the molecule is N#C[C@H](CCCBr)c1ccccc1I. The third kappa shape index (κ3) is 3.25. The van der Waals surface area contributed by atoms with Gasteiger partial charge < -0.3 is 0 Å². The first-order valence-corrected chi connectivity index (χ1v) is 6.69. The maximum absolute atomic E-state index is 9.06. The summed E-state index contributed by atoms with van der Waals surface area (Å²) in [7, 11) is 0. The predicted octanol–water partition coefficient (Wildman–Crippen LogP) is 4.07. The van der Waals surface area contributed by atoms with Crippen LogP contribution in [0.4, 0.5) is 0 Å². The Morgan fingerprint density at radius 2 is 2.14 bits per heavy atom. The van der Waals surface area contributed by atoms with Crippen molar-refractivity contribution in [3.8, 4) is 6.07 Å². The smallest absolute Gasteiger partial charge is 0.0723 e. The molecule has 0 aliphatic carbocycles. The molecule has 3 heteroatoms. The van der Waals surface area contributed by atoms with Crippen molar-refractivity contribution >= 4 is 38.5 Å². The van der Waals surface area contributed by atoms with Crippen LogP contribution in [0.1, 0.15) is 24.3 Å². The van der Waals surface area contributed by atoms with Gasteiger partial charge in [0.15, 0.2) is 0 Å². The molecular formula is C11H11BrIN. The van der Waals surface area contributed by atoms with Crippen LogP contribution in [-0.2, 0) is 0 Å². The summed E-state index contributed by atoms with van der Waals surface area (Å²) in [6.45, 7) is 0. The van der Waals surface area contributed by atoms with Crippen molar-refractivity contribution in [2.24, 2.45) is 0 Å². The first-order valence-electron chi connectivity index (χ1n) is 4.49. The Morgan fingerprint density at radius 1 is 1.43 bits per heavy atom. The lowest BCUT2D eigenvalue weighted by atomic mass is 9.96. The summed E-state index contributed by atoms with van der Waals surface area (Å²) >= 11 is 5.67. The van der Waals surface area contributed by atoms with Gasteiger partial charge in [-0.25, -0.2) is 0 Å². The van der Waals surface area contributed by atoms with Crippen molar-refractivity contribution in [1.82, 2.24) is 0 Å². The highest BCUT2D eigenvalue weighted by Gasteiger charge is 2.12. The van der Waals surface area contributed by atoms with E-state index >= 15 is 0 Å². The molecule has 1 rings (SSSR count). The zero-order valence-electron chi connectivity index (χ0n) is 7.71. The Morgan fingerprint density at radius 3 is 2.71 bits per heavy atom. The Bertz CT molecular complexity index is 332. The lowest BCUT2D eigenvalue weighted by molar-refractivity contribution is 0.732. The maximum atomic E-state index is 9.06. The second-order valence-corrected chi connectivity index (χ2v) is 4.99. The van der Waals surface area contributed by atoms with E-state index in [0.29, 0.717) is 0 Å². The summed E-state index contributed by atoms with van der Waals surface area (Å²) in [6.07, 6.45) is 1.98. The minimum atomic E-state index is 0.0423. The van der Waals surface area contributed by atoms with Gasteiger partial charge in [-0.1, -0.05) is 34.1 Å². The summed E-state index contributed by atoms with van der Waals surface area (Å²) in [5.74, 6) is 0.0423. The molecule has 14 heavy (non-hydrogen) atoms. The molecule has 0 fully saturated rings. The Kier molecular flexibility index (Phi) is 5.49. The average Bonchev–Trinajstić information content (AvgIpc) is 2.21. The fourth-order valence-electron chi connectivity index (χ4n) is 1.33. The normalized spacial score (nSPS) is 12.1. The highest BCUT2D eigenvalue weighted by Crippen LogP contribution is 2.25.